The van der Waals surface area contributed by atoms with Gasteiger partial charge in [0.2, 0.25) is 0 Å². The predicted octanol–water partition coefficient (Wildman–Crippen LogP) is 2.77. The Hall–Kier alpha value is -3.15. The molecule has 3 heterocycles. The first kappa shape index (κ1) is 17.3. The van der Waals surface area contributed by atoms with Crippen molar-refractivity contribution in [3.05, 3.63) is 75.7 Å². The second-order valence-electron chi connectivity index (χ2n) is 6.90. The molecule has 0 radical (unpaired) electrons. The average molecular weight is 363 g/mol. The van der Waals surface area contributed by atoms with Gasteiger partial charge in [0.05, 0.1) is 12.0 Å². The number of piperidine rings is 1. The van der Waals surface area contributed by atoms with Crippen molar-refractivity contribution in [2.75, 3.05) is 13.1 Å². The van der Waals surface area contributed by atoms with Crippen molar-refractivity contribution in [1.29, 1.82) is 0 Å². The second-order valence-corrected chi connectivity index (χ2v) is 6.90. The van der Waals surface area contributed by atoms with Gasteiger partial charge in [-0.05, 0) is 38.0 Å². The summed E-state index contributed by atoms with van der Waals surface area (Å²) in [5.74, 6) is 1.38. The Balaban J connectivity index is 1.57. The van der Waals surface area contributed by atoms with E-state index in [0.29, 0.717) is 24.5 Å². The SMILES string of the molecule is Cc1nc([C@@H]2CCCN(C(=O)C3=Cc4ccccc4OC=C3)C2)cc(=O)[nH]1. The molecule has 1 atom stereocenters. The van der Waals surface area contributed by atoms with E-state index < -0.39 is 0 Å². The Morgan fingerprint density at radius 2 is 2.19 bits per heavy atom. The monoisotopic (exact) mass is 363 g/mol. The molecule has 0 unspecified atom stereocenters. The standard InChI is InChI=1S/C21H21N3O3/c1-14-22-18(12-20(25)23-14)17-6-4-9-24(13-17)21(26)16-8-10-27-19-7-3-2-5-15(19)11-16/h2-3,5,7-8,10-12,17H,4,6,9,13H2,1H3,(H,22,23,25)/t17-/m1/s1. The minimum atomic E-state index is -0.149. The summed E-state index contributed by atoms with van der Waals surface area (Å²) in [6.07, 6.45) is 6.93. The normalized spacial score (nSPS) is 18.9. The van der Waals surface area contributed by atoms with Crippen LogP contribution in [0.2, 0.25) is 0 Å². The summed E-state index contributed by atoms with van der Waals surface area (Å²) in [6.45, 7) is 3.03. The van der Waals surface area contributed by atoms with Gasteiger partial charge < -0.3 is 14.6 Å². The van der Waals surface area contributed by atoms with Crippen molar-refractivity contribution in [3.63, 3.8) is 0 Å². The van der Waals surface area contributed by atoms with E-state index in [1.807, 2.05) is 35.2 Å². The van der Waals surface area contributed by atoms with Gasteiger partial charge in [-0.2, -0.15) is 0 Å². The minimum Gasteiger partial charge on any atom is -0.464 e. The Morgan fingerprint density at radius 3 is 3.04 bits per heavy atom. The zero-order valence-electron chi connectivity index (χ0n) is 15.1. The van der Waals surface area contributed by atoms with E-state index in [1.54, 1.807) is 25.3 Å². The summed E-state index contributed by atoms with van der Waals surface area (Å²) in [5, 5.41) is 0. The van der Waals surface area contributed by atoms with E-state index >= 15 is 0 Å². The number of aryl methyl sites for hydroxylation is 1. The van der Waals surface area contributed by atoms with Gasteiger partial charge in [-0.1, -0.05) is 18.2 Å². The average Bonchev–Trinajstić information content (AvgIpc) is 2.89. The van der Waals surface area contributed by atoms with Crippen LogP contribution in [0.5, 0.6) is 5.75 Å². The van der Waals surface area contributed by atoms with Crippen LogP contribution in [0.3, 0.4) is 0 Å². The number of ether oxygens (including phenoxy) is 1. The van der Waals surface area contributed by atoms with Crippen molar-refractivity contribution >= 4 is 12.0 Å². The third-order valence-electron chi connectivity index (χ3n) is 4.93. The van der Waals surface area contributed by atoms with E-state index in [-0.39, 0.29) is 17.4 Å². The van der Waals surface area contributed by atoms with Crippen LogP contribution in [0.15, 0.2) is 53.0 Å². The number of hydrogen-bond acceptors (Lipinski definition) is 4. The number of benzene rings is 1. The lowest BCUT2D eigenvalue weighted by Crippen LogP contribution is -2.40. The summed E-state index contributed by atoms with van der Waals surface area (Å²) >= 11 is 0. The van der Waals surface area contributed by atoms with Gasteiger partial charge >= 0.3 is 0 Å². The highest BCUT2D eigenvalue weighted by Crippen LogP contribution is 2.28. The van der Waals surface area contributed by atoms with Gasteiger partial charge in [-0.15, -0.1) is 0 Å². The number of nitrogens with zero attached hydrogens (tertiary/aromatic N) is 2. The molecule has 0 saturated carbocycles. The first-order chi connectivity index (χ1) is 13.1. The molecule has 1 aromatic heterocycles. The van der Waals surface area contributed by atoms with Crippen molar-refractivity contribution in [2.24, 2.45) is 0 Å². The summed E-state index contributed by atoms with van der Waals surface area (Å²) in [6, 6.07) is 9.17. The fraction of sp³-hybridized carbons (Fsp3) is 0.286. The molecule has 1 aromatic carbocycles. The Kier molecular flexibility index (Phi) is 4.62. The second kappa shape index (κ2) is 7.23. The first-order valence-corrected chi connectivity index (χ1v) is 9.11. The quantitative estimate of drug-likeness (QED) is 0.890. The number of para-hydroxylation sites is 1. The lowest BCUT2D eigenvalue weighted by Gasteiger charge is -2.32. The van der Waals surface area contributed by atoms with Gasteiger partial charge in [0.15, 0.2) is 0 Å². The lowest BCUT2D eigenvalue weighted by atomic mass is 9.94. The number of carbonyl (C=O) groups is 1. The maximum absolute atomic E-state index is 13.1. The van der Waals surface area contributed by atoms with Crippen molar-refractivity contribution in [2.45, 2.75) is 25.7 Å². The van der Waals surface area contributed by atoms with E-state index in [9.17, 15) is 9.59 Å². The number of amides is 1. The van der Waals surface area contributed by atoms with Crippen LogP contribution in [0.1, 0.15) is 35.8 Å². The molecule has 2 aliphatic rings. The van der Waals surface area contributed by atoms with Gasteiger partial charge in [-0.25, -0.2) is 4.98 Å². The smallest absolute Gasteiger partial charge is 0.254 e. The topological polar surface area (TPSA) is 75.3 Å². The van der Waals surface area contributed by atoms with Gasteiger partial charge in [0, 0.05) is 36.2 Å². The summed E-state index contributed by atoms with van der Waals surface area (Å²) < 4.78 is 5.58. The van der Waals surface area contributed by atoms with Gasteiger partial charge in [0.1, 0.15) is 11.6 Å². The van der Waals surface area contributed by atoms with E-state index in [1.165, 1.54) is 0 Å². The maximum Gasteiger partial charge on any atom is 0.254 e. The van der Waals surface area contributed by atoms with Gasteiger partial charge in [0.25, 0.3) is 11.5 Å². The predicted molar refractivity (Wildman–Crippen MR) is 102 cm³/mol. The molecular weight excluding hydrogens is 342 g/mol. The summed E-state index contributed by atoms with van der Waals surface area (Å²) in [5.41, 5.74) is 2.08. The highest BCUT2D eigenvalue weighted by atomic mass is 16.5. The van der Waals surface area contributed by atoms with Crippen LogP contribution < -0.4 is 10.3 Å². The van der Waals surface area contributed by atoms with Crippen LogP contribution >= 0.6 is 0 Å². The molecule has 1 saturated heterocycles. The third kappa shape index (κ3) is 3.69. The molecule has 6 nitrogen and oxygen atoms in total. The molecule has 0 aliphatic carbocycles. The van der Waals surface area contributed by atoms with E-state index in [0.717, 1.165) is 29.8 Å². The Bertz CT molecular complexity index is 990. The number of hydrogen-bond donors (Lipinski definition) is 1. The fourth-order valence-corrected chi connectivity index (χ4v) is 3.63. The number of likely N-dealkylation sites (tertiary alicyclic amines) is 1. The molecule has 1 fully saturated rings. The molecule has 138 valence electrons. The third-order valence-corrected chi connectivity index (χ3v) is 4.93. The number of nitrogens with one attached hydrogen (secondary N) is 1. The molecule has 1 amide bonds. The first-order valence-electron chi connectivity index (χ1n) is 9.11. The summed E-state index contributed by atoms with van der Waals surface area (Å²) in [4.78, 5) is 33.8. The molecule has 2 aliphatic heterocycles. The molecule has 6 heteroatoms. The summed E-state index contributed by atoms with van der Waals surface area (Å²) in [7, 11) is 0. The van der Waals surface area contributed by atoms with Crippen LogP contribution in [-0.2, 0) is 4.79 Å². The largest absolute Gasteiger partial charge is 0.464 e. The minimum absolute atomic E-state index is 0.0298. The Labute approximate surface area is 157 Å². The highest BCUT2D eigenvalue weighted by molar-refractivity contribution is 6.01. The Morgan fingerprint density at radius 1 is 1.33 bits per heavy atom. The number of aromatic nitrogens is 2. The molecule has 0 bridgehead atoms. The fourth-order valence-electron chi connectivity index (χ4n) is 3.63. The van der Waals surface area contributed by atoms with Crippen LogP contribution in [0, 0.1) is 6.92 Å². The molecule has 4 rings (SSSR count). The van der Waals surface area contributed by atoms with Crippen LogP contribution in [0.25, 0.3) is 6.08 Å². The number of H-pyrrole nitrogens is 1. The van der Waals surface area contributed by atoms with Crippen molar-refractivity contribution in [1.82, 2.24) is 14.9 Å². The highest BCUT2D eigenvalue weighted by Gasteiger charge is 2.27. The maximum atomic E-state index is 13.1. The number of rotatable bonds is 2. The molecule has 27 heavy (non-hydrogen) atoms. The lowest BCUT2D eigenvalue weighted by molar-refractivity contribution is -0.127. The molecule has 1 N–H and O–H groups in total. The van der Waals surface area contributed by atoms with Crippen LogP contribution in [0.4, 0.5) is 0 Å². The molecular formula is C21H21N3O3. The molecule has 2 aromatic rings. The van der Waals surface area contributed by atoms with Crippen LogP contribution in [-0.4, -0.2) is 33.9 Å². The zero-order valence-corrected chi connectivity index (χ0v) is 15.1. The van der Waals surface area contributed by atoms with Crippen molar-refractivity contribution < 1.29 is 9.53 Å². The zero-order chi connectivity index (χ0) is 18.8. The number of fused-ring (bicyclic) bond motifs is 1. The molecule has 0 spiro atoms. The number of carbonyl (C=O) groups excluding carboxylic acids is 1. The van der Waals surface area contributed by atoms with Gasteiger partial charge in [-0.3, -0.25) is 9.59 Å². The van der Waals surface area contributed by atoms with E-state index in [2.05, 4.69) is 9.97 Å². The number of aromatic amines is 1. The van der Waals surface area contributed by atoms with Crippen molar-refractivity contribution in [3.8, 4) is 5.75 Å². The van der Waals surface area contributed by atoms with E-state index in [4.69, 9.17) is 4.74 Å².